The molecule has 0 spiro atoms. The Labute approximate surface area is 82.5 Å². The second kappa shape index (κ2) is 6.42. The van der Waals surface area contributed by atoms with Gasteiger partial charge in [0, 0.05) is 0 Å². The Hall–Kier alpha value is -0.0400. The zero-order valence-corrected chi connectivity index (χ0v) is 8.97. The average molecular weight is 184 g/mol. The van der Waals surface area contributed by atoms with Gasteiger partial charge in [-0.05, 0) is 25.2 Å². The molecule has 1 nitrogen and oxygen atoms in total. The number of hydrogen-bond acceptors (Lipinski definition) is 1. The lowest BCUT2D eigenvalue weighted by Gasteiger charge is -2.24. The average Bonchev–Trinajstić information content (AvgIpc) is 2.03. The lowest BCUT2D eigenvalue weighted by Crippen LogP contribution is -2.21. The molecule has 1 aliphatic rings. The molecule has 0 aliphatic heterocycles. The molecule has 78 valence electrons. The van der Waals surface area contributed by atoms with E-state index in [2.05, 4.69) is 6.92 Å². The lowest BCUT2D eigenvalue weighted by molar-refractivity contribution is 0.0826. The molecule has 1 heteroatoms. The maximum Gasteiger partial charge on any atom is 0.0568 e. The van der Waals surface area contributed by atoms with Crippen LogP contribution in [0.3, 0.4) is 0 Å². The summed E-state index contributed by atoms with van der Waals surface area (Å²) in [4.78, 5) is 0. The van der Waals surface area contributed by atoms with Crippen molar-refractivity contribution in [2.45, 2.75) is 70.8 Å². The van der Waals surface area contributed by atoms with Gasteiger partial charge in [-0.25, -0.2) is 0 Å². The predicted molar refractivity (Wildman–Crippen MR) is 56.7 cm³/mol. The summed E-state index contributed by atoms with van der Waals surface area (Å²) in [6.07, 6.45) is 11.5. The summed E-state index contributed by atoms with van der Waals surface area (Å²) in [7, 11) is 0. The van der Waals surface area contributed by atoms with E-state index < -0.39 is 0 Å². The van der Waals surface area contributed by atoms with E-state index >= 15 is 0 Å². The summed E-state index contributed by atoms with van der Waals surface area (Å²) in [5, 5.41) is 9.89. The first-order valence-corrected chi connectivity index (χ1v) is 6.02. The first-order chi connectivity index (χ1) is 6.34. The molecule has 0 aromatic carbocycles. The first-order valence-electron chi connectivity index (χ1n) is 6.02. The van der Waals surface area contributed by atoms with Crippen molar-refractivity contribution in [3.8, 4) is 0 Å². The van der Waals surface area contributed by atoms with E-state index in [0.717, 1.165) is 12.8 Å². The Balaban J connectivity index is 2.27. The zero-order chi connectivity index (χ0) is 9.52. The molecule has 1 aliphatic carbocycles. The topological polar surface area (TPSA) is 20.2 Å². The third kappa shape index (κ3) is 4.12. The van der Waals surface area contributed by atoms with Gasteiger partial charge in [-0.15, -0.1) is 0 Å². The Bertz CT molecular complexity index is 114. The van der Waals surface area contributed by atoms with Gasteiger partial charge < -0.3 is 5.11 Å². The van der Waals surface area contributed by atoms with Gasteiger partial charge in [0.25, 0.3) is 0 Å². The van der Waals surface area contributed by atoms with Crippen LogP contribution in [0.25, 0.3) is 0 Å². The molecule has 0 aromatic rings. The number of rotatable bonds is 3. The predicted octanol–water partition coefficient (Wildman–Crippen LogP) is 3.51. The van der Waals surface area contributed by atoms with Gasteiger partial charge >= 0.3 is 0 Å². The van der Waals surface area contributed by atoms with E-state index in [1.165, 1.54) is 44.9 Å². The van der Waals surface area contributed by atoms with E-state index in [4.69, 9.17) is 0 Å². The number of aliphatic hydroxyl groups excluding tert-OH is 1. The largest absolute Gasteiger partial charge is 0.393 e. The van der Waals surface area contributed by atoms with Crippen molar-refractivity contribution in [1.82, 2.24) is 0 Å². The highest BCUT2D eigenvalue weighted by atomic mass is 16.3. The van der Waals surface area contributed by atoms with Crippen LogP contribution in [0.15, 0.2) is 0 Å². The highest BCUT2D eigenvalue weighted by Gasteiger charge is 2.18. The van der Waals surface area contributed by atoms with E-state index in [0.29, 0.717) is 5.92 Å². The molecular weight excluding hydrogens is 160 g/mol. The third-order valence-corrected chi connectivity index (χ3v) is 3.28. The Morgan fingerprint density at radius 1 is 1.08 bits per heavy atom. The van der Waals surface area contributed by atoms with E-state index in [1.807, 2.05) is 0 Å². The van der Waals surface area contributed by atoms with E-state index in [-0.39, 0.29) is 6.10 Å². The van der Waals surface area contributed by atoms with Crippen molar-refractivity contribution in [2.75, 3.05) is 0 Å². The van der Waals surface area contributed by atoms with E-state index in [9.17, 15) is 5.11 Å². The molecule has 0 unspecified atom stereocenters. The van der Waals surface area contributed by atoms with Crippen LogP contribution in [0.2, 0.25) is 0 Å². The van der Waals surface area contributed by atoms with Gasteiger partial charge in [-0.2, -0.15) is 0 Å². The van der Waals surface area contributed by atoms with Crippen LogP contribution < -0.4 is 0 Å². The molecule has 1 rings (SSSR count). The second-order valence-electron chi connectivity index (χ2n) is 4.46. The highest BCUT2D eigenvalue weighted by molar-refractivity contribution is 4.70. The molecule has 1 fully saturated rings. The van der Waals surface area contributed by atoms with Gasteiger partial charge in [0.05, 0.1) is 6.10 Å². The van der Waals surface area contributed by atoms with Gasteiger partial charge in [0.1, 0.15) is 0 Å². The minimum Gasteiger partial charge on any atom is -0.393 e. The standard InChI is InChI=1S/C12H24O/c1-2-8-12(13)11-9-6-4-3-5-7-10-11/h11-13H,2-10H2,1H3/t12-/m0/s1. The van der Waals surface area contributed by atoms with Crippen molar-refractivity contribution < 1.29 is 5.11 Å². The first kappa shape index (κ1) is 11.0. The molecule has 0 aromatic heterocycles. The minimum atomic E-state index is -0.0110. The summed E-state index contributed by atoms with van der Waals surface area (Å²) >= 11 is 0. The molecule has 1 N–H and O–H groups in total. The molecule has 1 saturated carbocycles. The summed E-state index contributed by atoms with van der Waals surface area (Å²) in [6, 6.07) is 0. The van der Waals surface area contributed by atoms with Crippen molar-refractivity contribution in [1.29, 1.82) is 0 Å². The molecule has 0 amide bonds. The minimum absolute atomic E-state index is 0.0110. The summed E-state index contributed by atoms with van der Waals surface area (Å²) in [5.41, 5.74) is 0. The fourth-order valence-corrected chi connectivity index (χ4v) is 2.40. The Morgan fingerprint density at radius 3 is 2.15 bits per heavy atom. The summed E-state index contributed by atoms with van der Waals surface area (Å²) in [6.45, 7) is 2.16. The van der Waals surface area contributed by atoms with Crippen LogP contribution in [0.1, 0.15) is 64.7 Å². The van der Waals surface area contributed by atoms with Crippen LogP contribution >= 0.6 is 0 Å². The lowest BCUT2D eigenvalue weighted by atomic mass is 9.86. The Morgan fingerprint density at radius 2 is 1.62 bits per heavy atom. The van der Waals surface area contributed by atoms with Crippen molar-refractivity contribution in [3.05, 3.63) is 0 Å². The maximum absolute atomic E-state index is 9.89. The summed E-state index contributed by atoms with van der Waals surface area (Å²) < 4.78 is 0. The van der Waals surface area contributed by atoms with Crippen molar-refractivity contribution >= 4 is 0 Å². The molecule has 0 bridgehead atoms. The SMILES string of the molecule is CCC[C@H](O)C1CCCCCCC1. The summed E-state index contributed by atoms with van der Waals surface area (Å²) in [5.74, 6) is 0.611. The van der Waals surface area contributed by atoms with Gasteiger partial charge in [-0.1, -0.05) is 45.4 Å². The number of aliphatic hydroxyl groups is 1. The van der Waals surface area contributed by atoms with Crippen LogP contribution in [-0.2, 0) is 0 Å². The monoisotopic (exact) mass is 184 g/mol. The maximum atomic E-state index is 9.89. The second-order valence-corrected chi connectivity index (χ2v) is 4.46. The fourth-order valence-electron chi connectivity index (χ4n) is 2.40. The van der Waals surface area contributed by atoms with Crippen molar-refractivity contribution in [2.24, 2.45) is 5.92 Å². The van der Waals surface area contributed by atoms with Crippen LogP contribution in [-0.4, -0.2) is 11.2 Å². The van der Waals surface area contributed by atoms with Gasteiger partial charge in [0.2, 0.25) is 0 Å². The highest BCUT2D eigenvalue weighted by Crippen LogP contribution is 2.26. The zero-order valence-electron chi connectivity index (χ0n) is 8.97. The number of hydrogen-bond donors (Lipinski definition) is 1. The smallest absolute Gasteiger partial charge is 0.0568 e. The van der Waals surface area contributed by atoms with Crippen LogP contribution in [0, 0.1) is 5.92 Å². The quantitative estimate of drug-likeness (QED) is 0.711. The molecule has 13 heavy (non-hydrogen) atoms. The molecule has 0 heterocycles. The van der Waals surface area contributed by atoms with Crippen LogP contribution in [0.4, 0.5) is 0 Å². The molecular formula is C12H24O. The van der Waals surface area contributed by atoms with Gasteiger partial charge in [0.15, 0.2) is 0 Å². The molecule has 1 atom stereocenters. The Kier molecular flexibility index (Phi) is 5.45. The molecule has 0 saturated heterocycles. The fraction of sp³-hybridized carbons (Fsp3) is 1.00. The van der Waals surface area contributed by atoms with E-state index in [1.54, 1.807) is 0 Å². The van der Waals surface area contributed by atoms with Crippen LogP contribution in [0.5, 0.6) is 0 Å². The van der Waals surface area contributed by atoms with Crippen molar-refractivity contribution in [3.63, 3.8) is 0 Å². The van der Waals surface area contributed by atoms with Gasteiger partial charge in [-0.3, -0.25) is 0 Å². The normalized spacial score (nSPS) is 23.5. The molecule has 0 radical (unpaired) electrons. The third-order valence-electron chi connectivity index (χ3n) is 3.28.